The maximum absolute atomic E-state index is 2.53. The Labute approximate surface area is 206 Å². The van der Waals surface area contributed by atoms with Crippen LogP contribution in [0.1, 0.15) is 53.4 Å². The minimum Gasteiger partial charge on any atom is -0.0616 e. The number of rotatable bonds is 0. The molecule has 4 aliphatic rings. The number of hydrogen-bond acceptors (Lipinski definition) is 0. The molecule has 0 heterocycles. The quantitative estimate of drug-likeness (QED) is 0.203. The van der Waals surface area contributed by atoms with Crippen molar-refractivity contribution in [1.29, 1.82) is 0 Å². The number of hydrogen-bond donors (Lipinski definition) is 0. The Hall–Kier alpha value is -3.64. The lowest BCUT2D eigenvalue weighted by molar-refractivity contribution is 0.347. The van der Waals surface area contributed by atoms with E-state index in [-0.39, 0.29) is 0 Å². The van der Waals surface area contributed by atoms with E-state index in [0.717, 1.165) is 19.3 Å². The molecule has 0 nitrogen and oxygen atoms in total. The molecule has 0 radical (unpaired) electrons. The third-order valence-electron chi connectivity index (χ3n) is 8.96. The molecule has 0 heteroatoms. The van der Waals surface area contributed by atoms with Gasteiger partial charge in [0.1, 0.15) is 0 Å². The van der Waals surface area contributed by atoms with Gasteiger partial charge >= 0.3 is 0 Å². The Morgan fingerprint density at radius 2 is 0.914 bits per heavy atom. The Morgan fingerprint density at radius 1 is 0.429 bits per heavy atom. The molecule has 8 bridgehead atoms. The Bertz CT molecular complexity index is 1650. The smallest absolute Gasteiger partial charge is 0.00926 e. The molecule has 0 spiro atoms. The highest BCUT2D eigenvalue weighted by atomic mass is 14.4. The van der Waals surface area contributed by atoms with Crippen LogP contribution < -0.4 is 0 Å². The van der Waals surface area contributed by atoms with Crippen molar-refractivity contribution in [3.05, 3.63) is 119 Å². The van der Waals surface area contributed by atoms with E-state index in [1.165, 1.54) is 78.2 Å². The van der Waals surface area contributed by atoms with Gasteiger partial charge in [-0.05, 0) is 109 Å². The lowest BCUT2D eigenvalue weighted by Crippen LogP contribution is -2.21. The Morgan fingerprint density at radius 3 is 1.40 bits per heavy atom. The van der Waals surface area contributed by atoms with Crippen molar-refractivity contribution in [3.8, 4) is 0 Å². The zero-order valence-electron chi connectivity index (χ0n) is 19.9. The fourth-order valence-electron chi connectivity index (χ4n) is 7.04. The van der Waals surface area contributed by atoms with Crippen LogP contribution in [0.25, 0.3) is 43.1 Å². The van der Waals surface area contributed by atoms with E-state index in [1.54, 1.807) is 0 Å². The summed E-state index contributed by atoms with van der Waals surface area (Å²) in [7, 11) is 0. The third kappa shape index (κ3) is 2.93. The summed E-state index contributed by atoms with van der Waals surface area (Å²) in [5.41, 5.74) is 6.03. The summed E-state index contributed by atoms with van der Waals surface area (Å²) in [5, 5.41) is 11.3. The normalized spacial score (nSPS) is 19.4. The van der Waals surface area contributed by atoms with Crippen molar-refractivity contribution in [3.63, 3.8) is 0 Å². The van der Waals surface area contributed by atoms with Crippen LogP contribution >= 0.6 is 0 Å². The average molecular weight is 449 g/mol. The first-order valence-electron chi connectivity index (χ1n) is 13.2. The van der Waals surface area contributed by atoms with Gasteiger partial charge in [0.2, 0.25) is 0 Å². The highest BCUT2D eigenvalue weighted by molar-refractivity contribution is 6.10. The molecule has 168 valence electrons. The van der Waals surface area contributed by atoms with E-state index in [9.17, 15) is 0 Å². The van der Waals surface area contributed by atoms with E-state index in [0.29, 0.717) is 11.8 Å². The molecule has 6 aromatic carbocycles. The van der Waals surface area contributed by atoms with Gasteiger partial charge in [0.05, 0.1) is 0 Å². The van der Waals surface area contributed by atoms with E-state index >= 15 is 0 Å². The summed E-state index contributed by atoms with van der Waals surface area (Å²) in [4.78, 5) is 0. The molecule has 0 amide bonds. The zero-order valence-corrected chi connectivity index (χ0v) is 19.9. The van der Waals surface area contributed by atoms with E-state index in [2.05, 4.69) is 97.1 Å². The molecule has 0 N–H and O–H groups in total. The first kappa shape index (κ1) is 19.6. The van der Waals surface area contributed by atoms with Gasteiger partial charge in [-0.25, -0.2) is 0 Å². The van der Waals surface area contributed by atoms with Crippen molar-refractivity contribution in [2.45, 2.75) is 43.9 Å². The van der Waals surface area contributed by atoms with Crippen LogP contribution in [0.2, 0.25) is 0 Å². The van der Waals surface area contributed by atoms with Crippen molar-refractivity contribution in [2.24, 2.45) is 0 Å². The van der Waals surface area contributed by atoms with E-state index < -0.39 is 0 Å². The first-order valence-corrected chi connectivity index (χ1v) is 13.2. The van der Waals surface area contributed by atoms with Crippen molar-refractivity contribution in [2.75, 3.05) is 0 Å². The van der Waals surface area contributed by atoms with Crippen LogP contribution in [0.4, 0.5) is 0 Å². The van der Waals surface area contributed by atoms with Crippen LogP contribution in [-0.4, -0.2) is 0 Å². The van der Waals surface area contributed by atoms with Gasteiger partial charge in [-0.2, -0.15) is 0 Å². The minimum atomic E-state index is 0.610. The van der Waals surface area contributed by atoms with Gasteiger partial charge in [0.15, 0.2) is 0 Å². The summed E-state index contributed by atoms with van der Waals surface area (Å²) in [5.74, 6) is 1.22. The first-order chi connectivity index (χ1) is 17.3. The number of aryl methyl sites for hydroxylation is 2. The highest BCUT2D eigenvalue weighted by Crippen LogP contribution is 2.50. The van der Waals surface area contributed by atoms with Crippen LogP contribution in [0.3, 0.4) is 0 Å². The molecular weight excluding hydrogens is 420 g/mol. The van der Waals surface area contributed by atoms with Crippen LogP contribution in [0.15, 0.2) is 97.1 Å². The van der Waals surface area contributed by atoms with Crippen molar-refractivity contribution >= 4 is 43.1 Å². The molecule has 4 aliphatic carbocycles. The Balaban J connectivity index is 1.40. The zero-order chi connectivity index (χ0) is 22.9. The van der Waals surface area contributed by atoms with Gasteiger partial charge in [0, 0.05) is 0 Å². The maximum Gasteiger partial charge on any atom is -0.00926 e. The summed E-state index contributed by atoms with van der Waals surface area (Å²) < 4.78 is 0. The van der Waals surface area contributed by atoms with E-state index in [4.69, 9.17) is 0 Å². The van der Waals surface area contributed by atoms with Crippen molar-refractivity contribution in [1.82, 2.24) is 0 Å². The van der Waals surface area contributed by atoms with Gasteiger partial charge in [-0.1, -0.05) is 97.1 Å². The second-order valence-electron chi connectivity index (χ2n) is 10.8. The molecule has 10 rings (SSSR count). The molecule has 2 unspecified atom stereocenters. The van der Waals surface area contributed by atoms with Crippen LogP contribution in [-0.2, 0) is 12.8 Å². The molecule has 35 heavy (non-hydrogen) atoms. The second-order valence-corrected chi connectivity index (χ2v) is 10.8. The standard InChI is InChI=1S/C35H28/c1-3-10-28-22(6-1)18-24-8-5-9-25-19-23-7-2-4-11-29(23)35-21-27(13-15-33(25)35)31-17-16-30(31)26-12-14-32(24)34(28)20-26/h1-4,6-7,10-15,18-21,30-31H,5,8-9,16-17H2. The largest absolute Gasteiger partial charge is 0.0616 e. The monoisotopic (exact) mass is 448 g/mol. The predicted octanol–water partition coefficient (Wildman–Crippen LogP) is 9.45. The Kier molecular flexibility index (Phi) is 4.17. The molecular formula is C35H28. The molecule has 2 atom stereocenters. The molecule has 0 aromatic heterocycles. The highest BCUT2D eigenvalue weighted by Gasteiger charge is 2.33. The second kappa shape index (κ2) is 7.43. The topological polar surface area (TPSA) is 0 Å². The lowest BCUT2D eigenvalue weighted by atomic mass is 9.66. The molecule has 0 aliphatic heterocycles. The summed E-state index contributed by atoms with van der Waals surface area (Å²) in [6, 6.07) is 37.6. The molecule has 6 aromatic rings. The van der Waals surface area contributed by atoms with Crippen LogP contribution in [0.5, 0.6) is 0 Å². The molecule has 0 saturated heterocycles. The third-order valence-corrected chi connectivity index (χ3v) is 8.96. The number of benzene rings is 6. The summed E-state index contributed by atoms with van der Waals surface area (Å²) in [6.07, 6.45) is 5.95. The van der Waals surface area contributed by atoms with Gasteiger partial charge in [-0.15, -0.1) is 0 Å². The molecule has 1 saturated carbocycles. The predicted molar refractivity (Wildman–Crippen MR) is 150 cm³/mol. The van der Waals surface area contributed by atoms with Gasteiger partial charge in [-0.3, -0.25) is 0 Å². The minimum absolute atomic E-state index is 0.610. The van der Waals surface area contributed by atoms with Crippen LogP contribution in [0, 0.1) is 0 Å². The molecule has 1 fully saturated rings. The fraction of sp³-hybridized carbons (Fsp3) is 0.200. The maximum atomic E-state index is 2.53. The average Bonchev–Trinajstić information content (AvgIpc) is 2.88. The van der Waals surface area contributed by atoms with Crippen molar-refractivity contribution < 1.29 is 0 Å². The van der Waals surface area contributed by atoms with E-state index in [1.807, 2.05) is 0 Å². The lowest BCUT2D eigenvalue weighted by Gasteiger charge is -2.38. The summed E-state index contributed by atoms with van der Waals surface area (Å²) >= 11 is 0. The number of fused-ring (bicyclic) bond motifs is 2. The fourth-order valence-corrected chi connectivity index (χ4v) is 7.04. The SMILES string of the molecule is c1ccc2c(c1)cc1c3ccc(cc32)C2CCC2c2ccc3c(cc4ccccc4c3c2)CCC1. The van der Waals surface area contributed by atoms with Gasteiger partial charge in [0.25, 0.3) is 0 Å². The summed E-state index contributed by atoms with van der Waals surface area (Å²) in [6.45, 7) is 0. The van der Waals surface area contributed by atoms with Gasteiger partial charge < -0.3 is 0 Å².